The molecule has 9 heteroatoms. The molecule has 2 aromatic carbocycles. The third kappa shape index (κ3) is 4.42. The monoisotopic (exact) mass is 478 g/mol. The van der Waals surface area contributed by atoms with Crippen molar-refractivity contribution in [2.45, 2.75) is 0 Å². The Kier molecular flexibility index (Phi) is 6.74. The Morgan fingerprint density at radius 3 is 2.68 bits per heavy atom. The predicted molar refractivity (Wildman–Crippen MR) is 138 cm³/mol. The van der Waals surface area contributed by atoms with Gasteiger partial charge in [-0.25, -0.2) is 4.98 Å². The molecule has 0 saturated heterocycles. The van der Waals surface area contributed by atoms with Crippen LogP contribution in [-0.2, 0) is 0 Å². The number of benzene rings is 2. The number of methoxy groups -OCH3 is 2. The van der Waals surface area contributed by atoms with Crippen molar-refractivity contribution in [3.05, 3.63) is 53.4 Å². The van der Waals surface area contributed by atoms with E-state index in [0.29, 0.717) is 17.3 Å². The van der Waals surface area contributed by atoms with Crippen LogP contribution in [0, 0.1) is 0 Å². The molecule has 0 unspecified atom stereocenters. The summed E-state index contributed by atoms with van der Waals surface area (Å²) in [6.07, 6.45) is 0.778. The maximum atomic E-state index is 11.0. The number of carbonyl (C=O) groups is 1. The van der Waals surface area contributed by atoms with E-state index in [9.17, 15) is 4.79 Å². The van der Waals surface area contributed by atoms with Crippen molar-refractivity contribution in [2.75, 3.05) is 51.0 Å². The highest BCUT2D eigenvalue weighted by atomic mass is 32.1. The van der Waals surface area contributed by atoms with Gasteiger partial charge < -0.3 is 30.2 Å². The van der Waals surface area contributed by atoms with Gasteiger partial charge in [0.15, 0.2) is 13.0 Å². The predicted octanol–water partition coefficient (Wildman–Crippen LogP) is 4.89. The number of nitrogen functional groups attached to an aromatic ring is 1. The fraction of sp³-hybridized carbons (Fsp3) is 0.200. The lowest BCUT2D eigenvalue weighted by Crippen LogP contribution is -2.14. The average molecular weight is 479 g/mol. The van der Waals surface area contributed by atoms with Gasteiger partial charge in [0.2, 0.25) is 0 Å². The number of nitrogens with two attached hydrogens (primary N) is 1. The van der Waals surface area contributed by atoms with Crippen LogP contribution in [0.5, 0.6) is 17.2 Å². The van der Waals surface area contributed by atoms with Crippen LogP contribution in [0.3, 0.4) is 0 Å². The molecule has 1 aliphatic heterocycles. The van der Waals surface area contributed by atoms with E-state index in [-0.39, 0.29) is 0 Å². The molecule has 3 N–H and O–H groups in total. The number of aromatic nitrogens is 1. The van der Waals surface area contributed by atoms with Crippen LogP contribution in [0.1, 0.15) is 9.67 Å². The number of pyridine rings is 1. The van der Waals surface area contributed by atoms with Gasteiger partial charge in [-0.1, -0.05) is 6.07 Å². The minimum Gasteiger partial charge on any atom is -0.497 e. The molecule has 0 aliphatic carbocycles. The van der Waals surface area contributed by atoms with Crippen molar-refractivity contribution in [1.82, 2.24) is 4.98 Å². The Morgan fingerprint density at radius 1 is 1.15 bits per heavy atom. The molecule has 4 aromatic rings. The minimum absolute atomic E-state index is 0.507. The second kappa shape index (κ2) is 9.88. The first kappa shape index (κ1) is 23.2. The fourth-order valence-electron chi connectivity index (χ4n) is 3.61. The lowest BCUT2D eigenvalue weighted by atomic mass is 10.1. The van der Waals surface area contributed by atoms with E-state index in [4.69, 9.17) is 19.9 Å². The summed E-state index contributed by atoms with van der Waals surface area (Å²) in [6, 6.07) is 15.5. The molecule has 8 nitrogen and oxygen atoms in total. The smallest absolute Gasteiger partial charge is 0.162 e. The van der Waals surface area contributed by atoms with Gasteiger partial charge in [0.25, 0.3) is 0 Å². The van der Waals surface area contributed by atoms with Crippen molar-refractivity contribution < 1.29 is 19.0 Å². The van der Waals surface area contributed by atoms with Gasteiger partial charge in [0.05, 0.1) is 41.9 Å². The first-order chi connectivity index (χ1) is 16.5. The van der Waals surface area contributed by atoms with Crippen molar-refractivity contribution in [1.29, 1.82) is 0 Å². The highest BCUT2D eigenvalue weighted by molar-refractivity contribution is 7.20. The van der Waals surface area contributed by atoms with Gasteiger partial charge >= 0.3 is 0 Å². The SMILES string of the molecule is CN1COc2cc(-c3ccc4c(N)c(C=O)sc4n3)ccc21.CNc1ccc(OC)cc1OC. The number of anilines is 3. The van der Waals surface area contributed by atoms with Crippen LogP contribution < -0.4 is 30.2 Å². The molecule has 0 spiro atoms. The van der Waals surface area contributed by atoms with Crippen molar-refractivity contribution >= 4 is 44.9 Å². The maximum absolute atomic E-state index is 11.0. The molecule has 1 aliphatic rings. The van der Waals surface area contributed by atoms with Gasteiger partial charge in [-0.3, -0.25) is 4.79 Å². The number of carbonyl (C=O) groups excluding carboxylic acids is 1. The molecule has 0 amide bonds. The first-order valence-corrected chi connectivity index (χ1v) is 11.3. The Bertz CT molecular complexity index is 1340. The summed E-state index contributed by atoms with van der Waals surface area (Å²) < 4.78 is 15.8. The van der Waals surface area contributed by atoms with Gasteiger partial charge in [-0.15, -0.1) is 11.3 Å². The molecular formula is C25H26N4O4S. The second-order valence-electron chi connectivity index (χ2n) is 7.52. The number of fused-ring (bicyclic) bond motifs is 2. The molecule has 0 atom stereocenters. The quantitative estimate of drug-likeness (QED) is 0.391. The largest absolute Gasteiger partial charge is 0.497 e. The third-order valence-electron chi connectivity index (χ3n) is 5.49. The van der Waals surface area contributed by atoms with Crippen molar-refractivity contribution in [3.63, 3.8) is 0 Å². The van der Waals surface area contributed by atoms with E-state index in [2.05, 4.69) is 10.3 Å². The number of nitrogens with zero attached hydrogens (tertiary/aromatic N) is 2. The molecule has 176 valence electrons. The lowest BCUT2D eigenvalue weighted by Gasteiger charge is -2.08. The average Bonchev–Trinajstić information content (AvgIpc) is 3.42. The van der Waals surface area contributed by atoms with E-state index < -0.39 is 0 Å². The first-order valence-electron chi connectivity index (χ1n) is 10.5. The van der Waals surface area contributed by atoms with Crippen LogP contribution in [-0.4, -0.2) is 46.3 Å². The van der Waals surface area contributed by atoms with E-state index in [0.717, 1.165) is 56.4 Å². The normalized spacial score (nSPS) is 11.8. The summed E-state index contributed by atoms with van der Waals surface area (Å²) >= 11 is 1.31. The van der Waals surface area contributed by atoms with Crippen molar-refractivity contribution in [3.8, 4) is 28.5 Å². The summed E-state index contributed by atoms with van der Waals surface area (Å²) in [6.45, 7) is 0.565. The standard InChI is InChI=1S/C16H13N3O2S.C9H13NO2/c1-19-8-21-13-6-9(2-5-12(13)19)11-4-3-10-15(17)14(7-20)22-16(10)18-11;1-10-8-5-4-7(11-2)6-9(8)12-3/h2-7H,8,17H2,1H3;4-6,10H,1-3H3. The number of thiophene rings is 1. The molecule has 5 rings (SSSR count). The number of aldehydes is 1. The summed E-state index contributed by atoms with van der Waals surface area (Å²) in [7, 11) is 7.11. The second-order valence-corrected chi connectivity index (χ2v) is 8.55. The van der Waals surface area contributed by atoms with Gasteiger partial charge in [0.1, 0.15) is 22.1 Å². The van der Waals surface area contributed by atoms with E-state index >= 15 is 0 Å². The summed E-state index contributed by atoms with van der Waals surface area (Å²) in [5, 5.41) is 3.84. The van der Waals surface area contributed by atoms with Crippen LogP contribution in [0.2, 0.25) is 0 Å². The zero-order valence-corrected chi connectivity index (χ0v) is 20.2. The molecule has 2 aromatic heterocycles. The van der Waals surface area contributed by atoms with E-state index in [1.165, 1.54) is 11.3 Å². The number of hydrogen-bond acceptors (Lipinski definition) is 9. The molecule has 0 radical (unpaired) electrons. The summed E-state index contributed by atoms with van der Waals surface area (Å²) in [4.78, 5) is 19.0. The van der Waals surface area contributed by atoms with Crippen LogP contribution in [0.4, 0.5) is 17.1 Å². The molecule has 3 heterocycles. The zero-order valence-electron chi connectivity index (χ0n) is 19.4. The molecule has 0 bridgehead atoms. The highest BCUT2D eigenvalue weighted by Gasteiger charge is 2.18. The van der Waals surface area contributed by atoms with Gasteiger partial charge in [0, 0.05) is 31.1 Å². The molecule has 0 saturated carbocycles. The third-order valence-corrected chi connectivity index (χ3v) is 6.53. The van der Waals surface area contributed by atoms with Crippen LogP contribution >= 0.6 is 11.3 Å². The Morgan fingerprint density at radius 2 is 1.97 bits per heavy atom. The lowest BCUT2D eigenvalue weighted by molar-refractivity contribution is 0.112. The van der Waals surface area contributed by atoms with Crippen molar-refractivity contribution in [2.24, 2.45) is 0 Å². The number of rotatable bonds is 5. The van der Waals surface area contributed by atoms with Crippen LogP contribution in [0.25, 0.3) is 21.5 Å². The van der Waals surface area contributed by atoms with E-state index in [1.54, 1.807) is 14.2 Å². The van der Waals surface area contributed by atoms with Gasteiger partial charge in [-0.2, -0.15) is 0 Å². The topological polar surface area (TPSA) is 98.9 Å². The summed E-state index contributed by atoms with van der Waals surface area (Å²) in [5.41, 5.74) is 10.3. The van der Waals surface area contributed by atoms with E-state index in [1.807, 2.05) is 67.5 Å². The minimum atomic E-state index is 0.507. The Labute approximate surface area is 201 Å². The molecular weight excluding hydrogens is 452 g/mol. The van der Waals surface area contributed by atoms with Gasteiger partial charge in [-0.05, 0) is 36.4 Å². The highest BCUT2D eigenvalue weighted by Crippen LogP contribution is 2.38. The number of hydrogen-bond donors (Lipinski definition) is 2. The molecule has 34 heavy (non-hydrogen) atoms. The molecule has 0 fully saturated rings. The maximum Gasteiger partial charge on any atom is 0.162 e. The number of ether oxygens (including phenoxy) is 3. The fourth-order valence-corrected chi connectivity index (χ4v) is 4.52. The number of nitrogens with one attached hydrogen (secondary N) is 1. The summed E-state index contributed by atoms with van der Waals surface area (Å²) in [5.74, 6) is 2.45. The van der Waals surface area contributed by atoms with Crippen LogP contribution in [0.15, 0.2) is 48.5 Å². The Balaban J connectivity index is 0.000000195. The Hall–Kier alpha value is -3.98. The zero-order chi connectivity index (χ0) is 24.2.